The normalized spacial score (nSPS) is 22.5. The number of fused-ring (bicyclic) bond motifs is 1. The maximum Gasteiger partial charge on any atom is 0.383 e. The van der Waals surface area contributed by atoms with Crippen molar-refractivity contribution in [1.29, 1.82) is 0 Å². The predicted octanol–water partition coefficient (Wildman–Crippen LogP) is 3.62. The lowest BCUT2D eigenvalue weighted by molar-refractivity contribution is -0.278. The molecule has 5 atom stereocenters. The van der Waals surface area contributed by atoms with Crippen LogP contribution in [0.25, 0.3) is 11.0 Å². The standard InChI is InChI=1S/C32H38O10/c1-19(2)8-7-9-20(3)14-15-38-22-12-13-23-24(16-22)40-31(37)30(29(23)39-18-21-10-5-4-6-11-21)42-32-28(36)27(35)26(34)25(17-33)41-32/h4-6,8,10-14,16,25-28,32-36H,7,9,15,17-18H2,1-3H3/b20-14+/t25-,26-,27+,28+,32+/m1/s1. The van der Waals surface area contributed by atoms with Crippen LogP contribution in [0.2, 0.25) is 0 Å². The van der Waals surface area contributed by atoms with Gasteiger partial charge in [0.1, 0.15) is 49.0 Å². The Morgan fingerprint density at radius 1 is 0.929 bits per heavy atom. The molecule has 226 valence electrons. The highest BCUT2D eigenvalue weighted by Gasteiger charge is 2.45. The van der Waals surface area contributed by atoms with Gasteiger partial charge in [-0.05, 0) is 57.4 Å². The third kappa shape index (κ3) is 7.78. The van der Waals surface area contributed by atoms with Gasteiger partial charge in [0.2, 0.25) is 6.29 Å². The van der Waals surface area contributed by atoms with E-state index in [2.05, 4.69) is 26.8 Å². The highest BCUT2D eigenvalue weighted by Crippen LogP contribution is 2.37. The molecule has 1 fully saturated rings. The zero-order valence-corrected chi connectivity index (χ0v) is 23.9. The Balaban J connectivity index is 1.61. The van der Waals surface area contributed by atoms with Gasteiger partial charge in [-0.3, -0.25) is 0 Å². The third-order valence-corrected chi connectivity index (χ3v) is 6.87. The van der Waals surface area contributed by atoms with Crippen molar-refractivity contribution >= 4 is 11.0 Å². The quantitative estimate of drug-likeness (QED) is 0.184. The summed E-state index contributed by atoms with van der Waals surface area (Å²) in [6, 6.07) is 14.2. The summed E-state index contributed by atoms with van der Waals surface area (Å²) in [5, 5.41) is 40.7. The van der Waals surface area contributed by atoms with Crippen LogP contribution in [-0.2, 0) is 11.3 Å². The molecule has 10 heteroatoms. The summed E-state index contributed by atoms with van der Waals surface area (Å²) in [6.07, 6.45) is -1.73. The maximum absolute atomic E-state index is 13.2. The van der Waals surface area contributed by atoms with Gasteiger partial charge in [-0.1, -0.05) is 47.6 Å². The van der Waals surface area contributed by atoms with Crippen LogP contribution in [0.15, 0.2) is 81.0 Å². The van der Waals surface area contributed by atoms with Crippen molar-refractivity contribution in [3.8, 4) is 17.2 Å². The van der Waals surface area contributed by atoms with Crippen LogP contribution in [0.5, 0.6) is 17.2 Å². The third-order valence-electron chi connectivity index (χ3n) is 6.87. The molecule has 2 aromatic carbocycles. The molecule has 10 nitrogen and oxygen atoms in total. The summed E-state index contributed by atoms with van der Waals surface area (Å²) in [7, 11) is 0. The zero-order valence-electron chi connectivity index (χ0n) is 23.9. The Morgan fingerprint density at radius 2 is 1.69 bits per heavy atom. The van der Waals surface area contributed by atoms with E-state index < -0.39 is 48.7 Å². The maximum atomic E-state index is 13.2. The zero-order chi connectivity index (χ0) is 30.2. The van der Waals surface area contributed by atoms with E-state index in [9.17, 15) is 25.2 Å². The monoisotopic (exact) mass is 582 g/mol. The van der Waals surface area contributed by atoms with Crippen LogP contribution in [-0.4, -0.2) is 64.3 Å². The van der Waals surface area contributed by atoms with Crippen LogP contribution in [0.4, 0.5) is 0 Å². The van der Waals surface area contributed by atoms with E-state index in [0.29, 0.717) is 17.7 Å². The molecular formula is C32H38O10. The molecule has 4 rings (SSSR count). The van der Waals surface area contributed by atoms with Crippen LogP contribution in [0.3, 0.4) is 0 Å². The van der Waals surface area contributed by atoms with E-state index in [0.717, 1.165) is 18.4 Å². The molecule has 4 N–H and O–H groups in total. The van der Waals surface area contributed by atoms with Crippen molar-refractivity contribution in [3.05, 3.63) is 87.8 Å². The Morgan fingerprint density at radius 3 is 2.40 bits per heavy atom. The predicted molar refractivity (Wildman–Crippen MR) is 156 cm³/mol. The summed E-state index contributed by atoms with van der Waals surface area (Å²) in [4.78, 5) is 13.2. The summed E-state index contributed by atoms with van der Waals surface area (Å²) < 4.78 is 28.6. The lowest BCUT2D eigenvalue weighted by Gasteiger charge is -2.39. The number of allylic oxidation sites excluding steroid dienone is 3. The van der Waals surface area contributed by atoms with Gasteiger partial charge >= 0.3 is 5.63 Å². The molecule has 42 heavy (non-hydrogen) atoms. The summed E-state index contributed by atoms with van der Waals surface area (Å²) in [5.41, 5.74) is 2.57. The second kappa shape index (κ2) is 14.5. The van der Waals surface area contributed by atoms with Gasteiger partial charge in [-0.15, -0.1) is 0 Å². The first kappa shape index (κ1) is 31.3. The number of aliphatic hydroxyl groups is 4. The Bertz CT molecular complexity index is 1440. The van der Waals surface area contributed by atoms with E-state index in [-0.39, 0.29) is 17.9 Å². The van der Waals surface area contributed by atoms with E-state index in [1.54, 1.807) is 18.2 Å². The van der Waals surface area contributed by atoms with Crippen molar-refractivity contribution in [3.63, 3.8) is 0 Å². The minimum absolute atomic E-state index is 0.0311. The van der Waals surface area contributed by atoms with Gasteiger partial charge in [-0.25, -0.2) is 4.79 Å². The lowest BCUT2D eigenvalue weighted by atomic mass is 9.99. The van der Waals surface area contributed by atoms with Crippen molar-refractivity contribution in [2.75, 3.05) is 13.2 Å². The molecule has 0 radical (unpaired) electrons. The van der Waals surface area contributed by atoms with Crippen LogP contribution in [0.1, 0.15) is 39.2 Å². The fourth-order valence-electron chi connectivity index (χ4n) is 4.45. The molecule has 0 unspecified atom stereocenters. The Hall–Kier alpha value is -3.67. The average molecular weight is 583 g/mol. The first-order valence-corrected chi connectivity index (χ1v) is 13.8. The number of ether oxygens (including phenoxy) is 4. The lowest BCUT2D eigenvalue weighted by Crippen LogP contribution is -2.60. The molecule has 0 saturated carbocycles. The van der Waals surface area contributed by atoms with Gasteiger partial charge in [-0.2, -0.15) is 0 Å². The van der Waals surface area contributed by atoms with E-state index >= 15 is 0 Å². The van der Waals surface area contributed by atoms with E-state index in [1.165, 1.54) is 11.1 Å². The number of aliphatic hydroxyl groups excluding tert-OH is 4. The van der Waals surface area contributed by atoms with Crippen LogP contribution >= 0.6 is 0 Å². The number of hydrogen-bond acceptors (Lipinski definition) is 10. The molecule has 1 aromatic heterocycles. The van der Waals surface area contributed by atoms with Crippen LogP contribution < -0.4 is 19.8 Å². The number of rotatable bonds is 12. The summed E-state index contributed by atoms with van der Waals surface area (Å²) in [5.74, 6) is 0.116. The molecule has 1 aliphatic rings. The SMILES string of the molecule is CC(C)=CCC/C(C)=C/COc1ccc2c(OCc3ccccc3)c(O[C@@H]3O[C@H](CO)[C@@H](O)[C@H](O)[C@@H]3O)c(=O)oc2c1. The molecular weight excluding hydrogens is 544 g/mol. The summed E-state index contributed by atoms with van der Waals surface area (Å²) in [6.45, 7) is 5.97. The molecule has 0 amide bonds. The molecule has 0 bridgehead atoms. The Labute approximate surface area is 244 Å². The second-order valence-electron chi connectivity index (χ2n) is 10.5. The molecule has 2 heterocycles. The number of hydrogen-bond donors (Lipinski definition) is 4. The minimum atomic E-state index is -1.73. The van der Waals surface area contributed by atoms with Crippen molar-refractivity contribution in [2.24, 2.45) is 0 Å². The van der Waals surface area contributed by atoms with Gasteiger partial charge in [0, 0.05) is 6.07 Å². The fourth-order valence-corrected chi connectivity index (χ4v) is 4.45. The highest BCUT2D eigenvalue weighted by atomic mass is 16.7. The van der Waals surface area contributed by atoms with Gasteiger partial charge in [0.25, 0.3) is 5.75 Å². The molecule has 0 aliphatic carbocycles. The van der Waals surface area contributed by atoms with E-state index in [1.807, 2.05) is 36.4 Å². The minimum Gasteiger partial charge on any atom is -0.489 e. The second-order valence-corrected chi connectivity index (χ2v) is 10.5. The van der Waals surface area contributed by atoms with Crippen molar-refractivity contribution in [1.82, 2.24) is 0 Å². The molecule has 1 aliphatic heterocycles. The smallest absolute Gasteiger partial charge is 0.383 e. The van der Waals surface area contributed by atoms with Gasteiger partial charge < -0.3 is 43.8 Å². The van der Waals surface area contributed by atoms with Gasteiger partial charge in [0.15, 0.2) is 5.75 Å². The fraction of sp³-hybridized carbons (Fsp3) is 0.406. The molecule has 0 spiro atoms. The number of benzene rings is 2. The topological polar surface area (TPSA) is 148 Å². The van der Waals surface area contributed by atoms with Crippen molar-refractivity contribution < 1.29 is 43.8 Å². The average Bonchev–Trinajstić information content (AvgIpc) is 2.97. The van der Waals surface area contributed by atoms with E-state index in [4.69, 9.17) is 23.4 Å². The van der Waals surface area contributed by atoms with Crippen LogP contribution in [0, 0.1) is 0 Å². The first-order valence-electron chi connectivity index (χ1n) is 13.8. The molecule has 1 saturated heterocycles. The van der Waals surface area contributed by atoms with Gasteiger partial charge in [0.05, 0.1) is 12.0 Å². The first-order chi connectivity index (χ1) is 20.2. The summed E-state index contributed by atoms with van der Waals surface area (Å²) >= 11 is 0. The highest BCUT2D eigenvalue weighted by molar-refractivity contribution is 5.86. The Kier molecular flexibility index (Phi) is 10.8. The van der Waals surface area contributed by atoms with Crippen molar-refractivity contribution in [2.45, 2.75) is 70.9 Å². The largest absolute Gasteiger partial charge is 0.489 e. The molecule has 3 aromatic rings.